The zero-order valence-electron chi connectivity index (χ0n) is 45.6. The molecule has 72 heavy (non-hydrogen) atoms. The molecule has 9 heteroatoms. The molecular formula is C63H82O9. The summed E-state index contributed by atoms with van der Waals surface area (Å²) in [6.45, 7) is 35.2. The van der Waals surface area contributed by atoms with E-state index in [2.05, 4.69) is 38.8 Å². The minimum absolute atomic E-state index is 0.175. The van der Waals surface area contributed by atoms with Gasteiger partial charge in [0, 0.05) is 11.1 Å². The molecular weight excluding hydrogens is 901 g/mol. The van der Waals surface area contributed by atoms with E-state index in [9.17, 15) is 28.8 Å². The molecule has 9 nitrogen and oxygen atoms in total. The zero-order chi connectivity index (χ0) is 54.5. The van der Waals surface area contributed by atoms with Crippen molar-refractivity contribution in [2.24, 2.45) is 17.3 Å². The van der Waals surface area contributed by atoms with Crippen molar-refractivity contribution in [3.63, 3.8) is 0 Å². The van der Waals surface area contributed by atoms with Crippen molar-refractivity contribution in [3.8, 4) is 0 Å². The predicted molar refractivity (Wildman–Crippen MR) is 295 cm³/mol. The Hall–Kier alpha value is -6.48. The Labute approximate surface area is 430 Å². The van der Waals surface area contributed by atoms with E-state index in [0.29, 0.717) is 29.9 Å². The van der Waals surface area contributed by atoms with Crippen LogP contribution >= 0.6 is 0 Å². The predicted octanol–water partition coefficient (Wildman–Crippen LogP) is 15.5. The number of allylic oxidation sites excluding steroid dienone is 5. The van der Waals surface area contributed by atoms with E-state index < -0.39 is 46.0 Å². The Bertz CT molecular complexity index is 2600. The highest BCUT2D eigenvalue weighted by Crippen LogP contribution is 2.31. The van der Waals surface area contributed by atoms with Gasteiger partial charge in [0.05, 0.1) is 0 Å². The van der Waals surface area contributed by atoms with Crippen LogP contribution in [-0.2, 0) is 33.4 Å². The number of rotatable bonds is 24. The largest absolute Gasteiger partial charge is 0.459 e. The van der Waals surface area contributed by atoms with E-state index in [4.69, 9.17) is 14.2 Å². The number of esters is 3. The molecule has 4 aromatic carbocycles. The lowest BCUT2D eigenvalue weighted by molar-refractivity contribution is -0.162. The summed E-state index contributed by atoms with van der Waals surface area (Å²) in [6, 6.07) is 26.7. The second-order valence-electron chi connectivity index (χ2n) is 20.9. The van der Waals surface area contributed by atoms with Crippen molar-refractivity contribution in [1.29, 1.82) is 0 Å². The van der Waals surface area contributed by atoms with Crippen LogP contribution in [0.2, 0.25) is 0 Å². The molecule has 0 amide bonds. The van der Waals surface area contributed by atoms with E-state index in [1.165, 1.54) is 18.1 Å². The Morgan fingerprint density at radius 3 is 1.50 bits per heavy atom. The Balaban J connectivity index is 0.000000383. The fourth-order valence-corrected chi connectivity index (χ4v) is 7.39. The van der Waals surface area contributed by atoms with Gasteiger partial charge in [0.25, 0.3) is 0 Å². The van der Waals surface area contributed by atoms with Gasteiger partial charge in [0.1, 0.15) is 40.3 Å². The molecule has 0 saturated carbocycles. The maximum Gasteiger partial charge on any atom is 0.320 e. The maximum absolute atomic E-state index is 13.1. The third-order valence-corrected chi connectivity index (χ3v) is 12.4. The second-order valence-corrected chi connectivity index (χ2v) is 20.9. The molecule has 0 aliphatic carbocycles. The van der Waals surface area contributed by atoms with Gasteiger partial charge in [-0.15, -0.1) is 6.58 Å². The van der Waals surface area contributed by atoms with Gasteiger partial charge in [0.2, 0.25) is 0 Å². The molecule has 0 aliphatic rings. The van der Waals surface area contributed by atoms with E-state index in [-0.39, 0.29) is 23.8 Å². The lowest BCUT2D eigenvalue weighted by Gasteiger charge is -2.30. The molecule has 4 unspecified atom stereocenters. The van der Waals surface area contributed by atoms with Crippen molar-refractivity contribution in [3.05, 3.63) is 157 Å². The van der Waals surface area contributed by atoms with Crippen molar-refractivity contribution in [2.75, 3.05) is 0 Å². The molecule has 0 spiro atoms. The maximum atomic E-state index is 13.1. The molecule has 4 rings (SSSR count). The number of ketones is 3. The van der Waals surface area contributed by atoms with Crippen molar-refractivity contribution in [1.82, 2.24) is 0 Å². The second kappa shape index (κ2) is 28.5. The lowest BCUT2D eigenvalue weighted by atomic mass is 9.83. The Morgan fingerprint density at radius 1 is 0.583 bits per heavy atom. The summed E-state index contributed by atoms with van der Waals surface area (Å²) in [4.78, 5) is 73.5. The highest BCUT2D eigenvalue weighted by atomic mass is 16.6. The normalized spacial score (nSPS) is 13.6. The first-order chi connectivity index (χ1) is 33.6. The molecule has 0 fully saturated rings. The molecule has 4 atom stereocenters. The number of carbonyl (C=O) groups is 6. The SMILES string of the molecule is C=CC(C)(CCC=C(C)C)OC(=O)C(C)(C)C(=O)c1ccc2ccccc2c1.C=CC(C)(CCC=C(C)C)OC(=O)CC(C)=O.C=CC(C)CCCC(C)(C)OC(=O)C(C)C(=O)c1ccc2ccccc2c1. The van der Waals surface area contributed by atoms with Crippen molar-refractivity contribution >= 4 is 56.8 Å². The van der Waals surface area contributed by atoms with E-state index in [1.54, 1.807) is 52.0 Å². The van der Waals surface area contributed by atoms with Gasteiger partial charge in [0.15, 0.2) is 11.6 Å². The van der Waals surface area contributed by atoms with Gasteiger partial charge in [-0.1, -0.05) is 122 Å². The summed E-state index contributed by atoms with van der Waals surface area (Å²) >= 11 is 0. The van der Waals surface area contributed by atoms with Gasteiger partial charge in [-0.2, -0.15) is 0 Å². The van der Waals surface area contributed by atoms with E-state index in [1.807, 2.05) is 127 Å². The molecule has 0 bridgehead atoms. The number of ether oxygens (including phenoxy) is 3. The van der Waals surface area contributed by atoms with Gasteiger partial charge in [-0.3, -0.25) is 28.8 Å². The van der Waals surface area contributed by atoms with E-state index in [0.717, 1.165) is 53.6 Å². The van der Waals surface area contributed by atoms with Crippen molar-refractivity contribution in [2.45, 2.75) is 158 Å². The standard InChI is InChI=1S/C25H30O3.C24H30O3.C14H22O3/c1-7-25(6,16-10-11-18(2)3)28-23(27)24(4,5)22(26)21-15-14-19-12-8-9-13-20(19)17-21;1-6-17(2)10-9-15-24(4,5)27-23(26)18(3)22(25)21-14-13-19-11-7-8-12-20(19)16-21;1-6-14(5,9-7-8-11(2)3)17-13(16)10-12(4)15/h7-9,11-15,17H,1,10,16H2,2-6H3;6-8,11-14,16-18H,1,9-10,15H2,2-5H3;6,8H,1,7,9-10H2,2-5H3. The highest BCUT2D eigenvalue weighted by molar-refractivity contribution is 6.13. The quantitative estimate of drug-likeness (QED) is 0.0221. The van der Waals surface area contributed by atoms with Crippen LogP contribution in [0.5, 0.6) is 0 Å². The van der Waals surface area contributed by atoms with Crippen LogP contribution in [0.3, 0.4) is 0 Å². The lowest BCUT2D eigenvalue weighted by Crippen LogP contribution is -2.40. The van der Waals surface area contributed by atoms with E-state index >= 15 is 0 Å². The van der Waals surface area contributed by atoms with Crippen LogP contribution in [-0.4, -0.2) is 52.1 Å². The molecule has 4 aromatic rings. The average Bonchev–Trinajstić information content (AvgIpc) is 3.32. The molecule has 0 aromatic heterocycles. The summed E-state index contributed by atoms with van der Waals surface area (Å²) in [5.74, 6) is -2.51. The van der Waals surface area contributed by atoms with Crippen LogP contribution < -0.4 is 0 Å². The van der Waals surface area contributed by atoms with Crippen LogP contribution in [0.15, 0.2) is 146 Å². The first kappa shape index (κ1) is 61.6. The number of carbonyl (C=O) groups excluding carboxylic acids is 6. The van der Waals surface area contributed by atoms with Crippen LogP contribution in [0.4, 0.5) is 0 Å². The first-order valence-electron chi connectivity index (χ1n) is 25.0. The van der Waals surface area contributed by atoms with Crippen LogP contribution in [0, 0.1) is 17.3 Å². The Morgan fingerprint density at radius 2 is 1.04 bits per heavy atom. The zero-order valence-corrected chi connectivity index (χ0v) is 45.6. The van der Waals surface area contributed by atoms with Gasteiger partial charge < -0.3 is 14.2 Å². The Kier molecular flexibility index (Phi) is 24.4. The monoisotopic (exact) mass is 983 g/mol. The summed E-state index contributed by atoms with van der Waals surface area (Å²) in [6.07, 6.45) is 14.8. The minimum Gasteiger partial charge on any atom is -0.459 e. The first-order valence-corrected chi connectivity index (χ1v) is 25.0. The smallest absolute Gasteiger partial charge is 0.320 e. The number of Topliss-reactive ketones (excluding diaryl/α,β-unsaturated/α-hetero) is 3. The number of hydrogen-bond donors (Lipinski definition) is 0. The molecule has 0 aliphatic heterocycles. The number of benzene rings is 4. The fraction of sp³-hybridized carbons (Fsp3) is 0.429. The third-order valence-electron chi connectivity index (χ3n) is 12.4. The molecule has 0 saturated heterocycles. The summed E-state index contributed by atoms with van der Waals surface area (Å²) in [5.41, 5.74) is 0.0963. The van der Waals surface area contributed by atoms with Crippen LogP contribution in [0.25, 0.3) is 21.5 Å². The van der Waals surface area contributed by atoms with Crippen LogP contribution in [0.1, 0.15) is 162 Å². The highest BCUT2D eigenvalue weighted by Gasteiger charge is 2.41. The summed E-state index contributed by atoms with van der Waals surface area (Å²) in [5, 5.41) is 4.08. The van der Waals surface area contributed by atoms with Gasteiger partial charge in [-0.25, -0.2) is 0 Å². The van der Waals surface area contributed by atoms with Crippen molar-refractivity contribution < 1.29 is 43.0 Å². The topological polar surface area (TPSA) is 130 Å². The van der Waals surface area contributed by atoms with Gasteiger partial charge in [-0.05, 0) is 180 Å². The summed E-state index contributed by atoms with van der Waals surface area (Å²) < 4.78 is 16.7. The summed E-state index contributed by atoms with van der Waals surface area (Å²) in [7, 11) is 0. The minimum atomic E-state index is -1.29. The number of fused-ring (bicyclic) bond motifs is 2. The molecule has 388 valence electrons. The number of hydrogen-bond acceptors (Lipinski definition) is 9. The fourth-order valence-electron chi connectivity index (χ4n) is 7.39. The third kappa shape index (κ3) is 20.7. The van der Waals surface area contributed by atoms with Gasteiger partial charge >= 0.3 is 17.9 Å². The molecule has 0 heterocycles. The molecule has 0 N–H and O–H groups in total. The average molecular weight is 983 g/mol. The molecule has 0 radical (unpaired) electrons.